The number of carbonyl (C=O) groups excluding carboxylic acids is 2. The highest BCUT2D eigenvalue weighted by Gasteiger charge is 2.35. The van der Waals surface area contributed by atoms with Crippen LogP contribution in [0.25, 0.3) is 0 Å². The predicted octanol–water partition coefficient (Wildman–Crippen LogP) is 4.57. The number of anilines is 1. The molecule has 31 heavy (non-hydrogen) atoms. The van der Waals surface area contributed by atoms with E-state index in [4.69, 9.17) is 11.6 Å². The highest BCUT2D eigenvalue weighted by atomic mass is 35.5. The Morgan fingerprint density at radius 2 is 1.87 bits per heavy atom. The lowest BCUT2D eigenvalue weighted by Gasteiger charge is -2.30. The van der Waals surface area contributed by atoms with Crippen molar-refractivity contribution in [1.82, 2.24) is 4.90 Å². The molecule has 0 aliphatic carbocycles. The third-order valence-corrected chi connectivity index (χ3v) is 5.30. The largest absolute Gasteiger partial charge is 0.324 e. The first-order chi connectivity index (χ1) is 14.8. The van der Waals surface area contributed by atoms with E-state index in [1.807, 2.05) is 0 Å². The third-order valence-electron chi connectivity index (χ3n) is 4.98. The summed E-state index contributed by atoms with van der Waals surface area (Å²) < 4.78 is 14.2. The Kier molecular flexibility index (Phi) is 5.39. The lowest BCUT2D eigenvalue weighted by molar-refractivity contribution is -0.384. The number of halogens is 2. The molecule has 1 N–H and O–H groups in total. The van der Waals surface area contributed by atoms with E-state index in [9.17, 15) is 24.1 Å². The molecule has 4 rings (SSSR count). The molecular formula is C22H15ClFN3O4. The average molecular weight is 440 g/mol. The minimum absolute atomic E-state index is 0.00605. The van der Waals surface area contributed by atoms with Gasteiger partial charge in [-0.3, -0.25) is 19.7 Å². The number of benzene rings is 3. The van der Waals surface area contributed by atoms with Crippen LogP contribution in [0, 0.1) is 15.9 Å². The van der Waals surface area contributed by atoms with E-state index in [1.165, 1.54) is 35.2 Å². The van der Waals surface area contributed by atoms with Crippen molar-refractivity contribution in [2.75, 3.05) is 11.9 Å². The number of nitrogens with zero attached hydrogens (tertiary/aromatic N) is 2. The van der Waals surface area contributed by atoms with Crippen molar-refractivity contribution < 1.29 is 18.9 Å². The summed E-state index contributed by atoms with van der Waals surface area (Å²) in [5.41, 5.74) is 0.965. The van der Waals surface area contributed by atoms with Crippen LogP contribution in [-0.4, -0.2) is 28.2 Å². The quantitative estimate of drug-likeness (QED) is 0.478. The minimum Gasteiger partial charge on any atom is -0.324 e. The van der Waals surface area contributed by atoms with Crippen molar-refractivity contribution in [2.24, 2.45) is 0 Å². The van der Waals surface area contributed by atoms with Gasteiger partial charge in [-0.05, 0) is 29.8 Å². The average Bonchev–Trinajstić information content (AvgIpc) is 2.89. The first-order valence-electron chi connectivity index (χ1n) is 9.24. The Hall–Kier alpha value is -3.78. The van der Waals surface area contributed by atoms with Gasteiger partial charge in [0.15, 0.2) is 0 Å². The summed E-state index contributed by atoms with van der Waals surface area (Å²) in [5, 5.41) is 13.9. The second-order valence-corrected chi connectivity index (χ2v) is 7.35. The summed E-state index contributed by atoms with van der Waals surface area (Å²) in [6.07, 6.45) is 0. The van der Waals surface area contributed by atoms with Crippen LogP contribution in [0.1, 0.15) is 27.5 Å². The molecule has 0 unspecified atom stereocenters. The predicted molar refractivity (Wildman–Crippen MR) is 112 cm³/mol. The Morgan fingerprint density at radius 1 is 1.13 bits per heavy atom. The fourth-order valence-corrected chi connectivity index (χ4v) is 3.80. The summed E-state index contributed by atoms with van der Waals surface area (Å²) >= 11 is 6.18. The van der Waals surface area contributed by atoms with Crippen molar-refractivity contribution in [3.05, 3.63) is 104 Å². The second-order valence-electron chi connectivity index (χ2n) is 6.95. The van der Waals surface area contributed by atoms with Gasteiger partial charge in [-0.15, -0.1) is 0 Å². The summed E-state index contributed by atoms with van der Waals surface area (Å²) in [6.45, 7) is -0.353. The Morgan fingerprint density at radius 3 is 2.58 bits per heavy atom. The van der Waals surface area contributed by atoms with Crippen LogP contribution >= 0.6 is 11.6 Å². The van der Waals surface area contributed by atoms with Crippen molar-refractivity contribution in [1.29, 1.82) is 0 Å². The Balaban J connectivity index is 1.90. The molecule has 0 spiro atoms. The first kappa shape index (κ1) is 20.5. The van der Waals surface area contributed by atoms with Crippen molar-refractivity contribution in [2.45, 2.75) is 6.04 Å². The van der Waals surface area contributed by atoms with E-state index in [0.29, 0.717) is 16.8 Å². The number of nitro groups is 1. The van der Waals surface area contributed by atoms with Crippen molar-refractivity contribution in [3.63, 3.8) is 0 Å². The number of hydrogen-bond donors (Lipinski definition) is 1. The molecule has 1 heterocycles. The molecule has 0 fully saturated rings. The molecule has 2 amide bonds. The molecule has 7 nitrogen and oxygen atoms in total. The SMILES string of the molecule is O=C1CN(C(=O)c2cc([N+](=O)[O-])ccc2Cl)[C@H](c2ccccc2)c2cc(F)ccc2N1. The summed E-state index contributed by atoms with van der Waals surface area (Å²) in [6, 6.07) is 15.4. The maximum absolute atomic E-state index is 14.2. The topological polar surface area (TPSA) is 92.5 Å². The molecule has 1 atom stereocenters. The molecule has 3 aromatic rings. The Labute approximate surface area is 181 Å². The van der Waals surface area contributed by atoms with Gasteiger partial charge in [-0.1, -0.05) is 41.9 Å². The monoisotopic (exact) mass is 439 g/mol. The number of rotatable bonds is 3. The normalized spacial score (nSPS) is 15.6. The van der Waals surface area contributed by atoms with Gasteiger partial charge < -0.3 is 10.2 Å². The van der Waals surface area contributed by atoms with E-state index in [1.54, 1.807) is 30.3 Å². The fraction of sp³-hybridized carbons (Fsp3) is 0.0909. The number of fused-ring (bicyclic) bond motifs is 1. The van der Waals surface area contributed by atoms with Crippen LogP contribution in [-0.2, 0) is 4.79 Å². The van der Waals surface area contributed by atoms with Gasteiger partial charge in [0.2, 0.25) is 5.91 Å². The lowest BCUT2D eigenvalue weighted by Crippen LogP contribution is -2.39. The van der Waals surface area contributed by atoms with Gasteiger partial charge in [-0.25, -0.2) is 4.39 Å². The van der Waals surface area contributed by atoms with Gasteiger partial charge in [0.05, 0.1) is 21.6 Å². The Bertz CT molecular complexity index is 1200. The zero-order chi connectivity index (χ0) is 22.1. The smallest absolute Gasteiger partial charge is 0.270 e. The number of nitro benzene ring substituents is 1. The van der Waals surface area contributed by atoms with Crippen LogP contribution in [0.5, 0.6) is 0 Å². The maximum Gasteiger partial charge on any atom is 0.270 e. The minimum atomic E-state index is -0.825. The summed E-state index contributed by atoms with van der Waals surface area (Å²) in [7, 11) is 0. The van der Waals surface area contributed by atoms with Crippen molar-refractivity contribution >= 4 is 34.8 Å². The van der Waals surface area contributed by atoms with E-state index in [2.05, 4.69) is 5.32 Å². The lowest BCUT2D eigenvalue weighted by atomic mass is 9.95. The molecule has 9 heteroatoms. The molecule has 0 saturated heterocycles. The molecule has 3 aromatic carbocycles. The van der Waals surface area contributed by atoms with Gasteiger partial charge >= 0.3 is 0 Å². The molecule has 0 aromatic heterocycles. The number of amides is 2. The molecule has 0 bridgehead atoms. The molecular weight excluding hydrogens is 425 g/mol. The fourth-order valence-electron chi connectivity index (χ4n) is 3.61. The molecule has 1 aliphatic rings. The summed E-state index contributed by atoms with van der Waals surface area (Å²) in [5.74, 6) is -1.70. The van der Waals surface area contributed by atoms with Crippen LogP contribution in [0.3, 0.4) is 0 Å². The zero-order valence-electron chi connectivity index (χ0n) is 15.9. The van der Waals surface area contributed by atoms with Gasteiger partial charge in [0, 0.05) is 23.4 Å². The molecule has 0 radical (unpaired) electrons. The molecule has 0 saturated carbocycles. The van der Waals surface area contributed by atoms with Crippen LogP contribution in [0.4, 0.5) is 15.8 Å². The van der Waals surface area contributed by atoms with E-state index in [0.717, 1.165) is 6.07 Å². The van der Waals surface area contributed by atoms with E-state index < -0.39 is 28.6 Å². The first-order valence-corrected chi connectivity index (χ1v) is 9.62. The van der Waals surface area contributed by atoms with Gasteiger partial charge in [0.1, 0.15) is 12.4 Å². The number of nitrogens with one attached hydrogen (secondary N) is 1. The van der Waals surface area contributed by atoms with Crippen molar-refractivity contribution in [3.8, 4) is 0 Å². The number of hydrogen-bond acceptors (Lipinski definition) is 4. The summed E-state index contributed by atoms with van der Waals surface area (Å²) in [4.78, 5) is 37.9. The van der Waals surface area contributed by atoms with Gasteiger partial charge in [0.25, 0.3) is 11.6 Å². The van der Waals surface area contributed by atoms with Gasteiger partial charge in [-0.2, -0.15) is 0 Å². The molecule has 156 valence electrons. The number of carbonyl (C=O) groups is 2. The highest BCUT2D eigenvalue weighted by molar-refractivity contribution is 6.34. The zero-order valence-corrected chi connectivity index (χ0v) is 16.7. The number of non-ortho nitro benzene ring substituents is 1. The van der Waals surface area contributed by atoms with Crippen LogP contribution in [0.2, 0.25) is 5.02 Å². The van der Waals surface area contributed by atoms with E-state index >= 15 is 0 Å². The third kappa shape index (κ3) is 3.97. The van der Waals surface area contributed by atoms with Crippen LogP contribution < -0.4 is 5.32 Å². The van der Waals surface area contributed by atoms with Crippen LogP contribution in [0.15, 0.2) is 66.7 Å². The second kappa shape index (κ2) is 8.16. The standard InChI is InChI=1S/C22H15ClFN3O4/c23-18-8-7-15(27(30)31)11-16(18)22(29)26-12-20(28)25-19-9-6-14(24)10-17(19)21(26)13-4-2-1-3-5-13/h1-11,21H,12H2,(H,25,28)/t21-/m1/s1. The molecule has 1 aliphatic heterocycles. The maximum atomic E-state index is 14.2. The van der Waals surface area contributed by atoms with E-state index in [-0.39, 0.29) is 22.8 Å². The highest BCUT2D eigenvalue weighted by Crippen LogP contribution is 2.37.